The molecule has 2 aromatic rings. The van der Waals surface area contributed by atoms with Crippen molar-refractivity contribution in [2.24, 2.45) is 0 Å². The van der Waals surface area contributed by atoms with E-state index in [1.807, 2.05) is 45.0 Å². The van der Waals surface area contributed by atoms with Gasteiger partial charge in [-0.25, -0.2) is 14.8 Å². The van der Waals surface area contributed by atoms with Crippen LogP contribution in [0.3, 0.4) is 0 Å². The van der Waals surface area contributed by atoms with Crippen molar-refractivity contribution >= 4 is 17.7 Å². The fraction of sp³-hybridized carbons (Fsp3) is 0.476. The molecule has 6 nitrogen and oxygen atoms in total. The predicted octanol–water partition coefficient (Wildman–Crippen LogP) is 5.35. The zero-order valence-corrected chi connectivity index (χ0v) is 17.2. The van der Waals surface area contributed by atoms with Gasteiger partial charge in [-0.05, 0) is 51.3 Å². The number of hydrogen-bond acceptors (Lipinski definition) is 5. The number of alkyl halides is 3. The van der Waals surface area contributed by atoms with Crippen molar-refractivity contribution in [2.45, 2.75) is 51.3 Å². The highest BCUT2D eigenvalue weighted by Crippen LogP contribution is 2.30. The molecule has 0 aliphatic carbocycles. The molecule has 1 atom stereocenters. The highest BCUT2D eigenvalue weighted by Gasteiger charge is 2.31. The monoisotopic (exact) mass is 422 g/mol. The summed E-state index contributed by atoms with van der Waals surface area (Å²) in [5, 5.41) is 2.89. The van der Waals surface area contributed by atoms with Crippen LogP contribution in [-0.4, -0.2) is 39.7 Å². The van der Waals surface area contributed by atoms with Crippen molar-refractivity contribution in [3.63, 3.8) is 0 Å². The summed E-state index contributed by atoms with van der Waals surface area (Å²) in [7, 11) is 0. The van der Waals surface area contributed by atoms with E-state index in [2.05, 4.69) is 15.3 Å². The molecular formula is C21H25F3N4O2. The van der Waals surface area contributed by atoms with Crippen LogP contribution in [0.15, 0.2) is 36.7 Å². The zero-order chi connectivity index (χ0) is 21.9. The van der Waals surface area contributed by atoms with Crippen molar-refractivity contribution < 1.29 is 22.7 Å². The number of nitrogens with one attached hydrogen (secondary N) is 1. The largest absolute Gasteiger partial charge is 0.444 e. The Hall–Kier alpha value is -2.84. The lowest BCUT2D eigenvalue weighted by Crippen LogP contribution is -2.42. The zero-order valence-electron chi connectivity index (χ0n) is 17.2. The number of likely N-dealkylation sites (tertiary alicyclic amines) is 1. The highest BCUT2D eigenvalue weighted by atomic mass is 19.4. The molecule has 0 spiro atoms. The molecule has 1 amide bonds. The quantitative estimate of drug-likeness (QED) is 0.722. The number of amides is 1. The van der Waals surface area contributed by atoms with Crippen molar-refractivity contribution in [3.8, 4) is 0 Å². The molecule has 1 N–H and O–H groups in total. The summed E-state index contributed by atoms with van der Waals surface area (Å²) in [6, 6.07) is 7.52. The van der Waals surface area contributed by atoms with Crippen LogP contribution in [0.5, 0.6) is 0 Å². The standard InChI is InChI=1S/C21H25F3N4O2/c1-20(2,3)30-19(29)28-10-4-5-15(13-28)14-6-8-17(9-7-14)27-18-25-11-16(12-26-18)21(22,23)24/h6-9,11-12,15H,4-5,10,13H2,1-3H3,(H,25,26,27). The number of ether oxygens (including phenoxy) is 1. The minimum Gasteiger partial charge on any atom is -0.444 e. The van der Waals surface area contributed by atoms with Gasteiger partial charge in [0, 0.05) is 37.1 Å². The summed E-state index contributed by atoms with van der Waals surface area (Å²) >= 11 is 0. The molecule has 1 saturated heterocycles. The SMILES string of the molecule is CC(C)(C)OC(=O)N1CCCC(c2ccc(Nc3ncc(C(F)(F)F)cn3)cc2)C1. The molecule has 2 heterocycles. The van der Waals surface area contributed by atoms with Crippen LogP contribution in [0.2, 0.25) is 0 Å². The highest BCUT2D eigenvalue weighted by molar-refractivity contribution is 5.68. The van der Waals surface area contributed by atoms with E-state index in [4.69, 9.17) is 4.74 Å². The summed E-state index contributed by atoms with van der Waals surface area (Å²) < 4.78 is 43.2. The van der Waals surface area contributed by atoms with Gasteiger partial charge in [-0.1, -0.05) is 12.1 Å². The van der Waals surface area contributed by atoms with Gasteiger partial charge in [0.1, 0.15) is 5.60 Å². The van der Waals surface area contributed by atoms with E-state index in [1.165, 1.54) is 0 Å². The average Bonchev–Trinajstić information content (AvgIpc) is 2.67. The van der Waals surface area contributed by atoms with Gasteiger partial charge in [0.15, 0.2) is 0 Å². The van der Waals surface area contributed by atoms with Crippen molar-refractivity contribution in [1.29, 1.82) is 0 Å². The summed E-state index contributed by atoms with van der Waals surface area (Å²) in [5.41, 5.74) is 0.327. The summed E-state index contributed by atoms with van der Waals surface area (Å²) in [5.74, 6) is 0.284. The number of rotatable bonds is 3. The number of benzene rings is 1. The molecule has 1 aromatic carbocycles. The number of carbonyl (C=O) groups excluding carboxylic acids is 1. The topological polar surface area (TPSA) is 67.3 Å². The van der Waals surface area contributed by atoms with Crippen LogP contribution in [0.4, 0.5) is 29.6 Å². The molecule has 1 fully saturated rings. The maximum Gasteiger partial charge on any atom is 0.419 e. The number of halogens is 3. The van der Waals surface area contributed by atoms with Crippen molar-refractivity contribution in [2.75, 3.05) is 18.4 Å². The fourth-order valence-electron chi connectivity index (χ4n) is 3.25. The smallest absolute Gasteiger partial charge is 0.419 e. The Balaban J connectivity index is 1.62. The molecule has 1 unspecified atom stereocenters. The van der Waals surface area contributed by atoms with Crippen molar-refractivity contribution in [3.05, 3.63) is 47.8 Å². The number of piperidine rings is 1. The van der Waals surface area contributed by atoms with Crippen LogP contribution in [0.25, 0.3) is 0 Å². The molecule has 0 saturated carbocycles. The Morgan fingerprint density at radius 1 is 1.13 bits per heavy atom. The third kappa shape index (κ3) is 5.84. The molecule has 1 aliphatic heterocycles. The Kier molecular flexibility index (Phi) is 6.19. The van der Waals surface area contributed by atoms with E-state index in [0.717, 1.165) is 30.8 Å². The van der Waals surface area contributed by atoms with E-state index in [0.29, 0.717) is 18.8 Å². The molecule has 0 bridgehead atoms. The van der Waals surface area contributed by atoms with Gasteiger partial charge in [-0.3, -0.25) is 0 Å². The maximum absolute atomic E-state index is 12.6. The first kappa shape index (κ1) is 21.9. The number of hydrogen-bond donors (Lipinski definition) is 1. The molecule has 30 heavy (non-hydrogen) atoms. The van der Waals surface area contributed by atoms with E-state index in [1.54, 1.807) is 4.90 Å². The van der Waals surface area contributed by atoms with Crippen LogP contribution in [-0.2, 0) is 10.9 Å². The van der Waals surface area contributed by atoms with Gasteiger partial charge in [-0.15, -0.1) is 0 Å². The number of carbonyl (C=O) groups is 1. The van der Waals surface area contributed by atoms with Crippen LogP contribution >= 0.6 is 0 Å². The Labute approximate surface area is 173 Å². The van der Waals surface area contributed by atoms with Crippen molar-refractivity contribution in [1.82, 2.24) is 14.9 Å². The minimum atomic E-state index is -4.46. The molecule has 9 heteroatoms. The second kappa shape index (κ2) is 8.49. The third-order valence-electron chi connectivity index (χ3n) is 4.69. The number of anilines is 2. The minimum absolute atomic E-state index is 0.0875. The second-order valence-electron chi connectivity index (χ2n) is 8.31. The number of aromatic nitrogens is 2. The van der Waals surface area contributed by atoms with Gasteiger partial charge < -0.3 is 15.0 Å². The first-order chi connectivity index (χ1) is 14.0. The Bertz CT molecular complexity index is 862. The lowest BCUT2D eigenvalue weighted by molar-refractivity contribution is -0.138. The normalized spacial score (nSPS) is 17.5. The Morgan fingerprint density at radius 2 is 1.77 bits per heavy atom. The molecule has 0 radical (unpaired) electrons. The molecule has 1 aromatic heterocycles. The van der Waals surface area contributed by atoms with Gasteiger partial charge >= 0.3 is 12.3 Å². The van der Waals surface area contributed by atoms with Crippen LogP contribution in [0.1, 0.15) is 50.7 Å². The van der Waals surface area contributed by atoms with Gasteiger partial charge in [0.05, 0.1) is 5.56 Å². The molecule has 162 valence electrons. The van der Waals surface area contributed by atoms with E-state index >= 15 is 0 Å². The summed E-state index contributed by atoms with van der Waals surface area (Å²) in [6.45, 7) is 6.80. The Morgan fingerprint density at radius 3 is 2.33 bits per heavy atom. The fourth-order valence-corrected chi connectivity index (χ4v) is 3.25. The van der Waals surface area contributed by atoms with E-state index in [-0.39, 0.29) is 18.0 Å². The number of nitrogens with zero attached hydrogens (tertiary/aromatic N) is 3. The van der Waals surface area contributed by atoms with Gasteiger partial charge in [0.25, 0.3) is 0 Å². The molecule has 3 rings (SSSR count). The summed E-state index contributed by atoms with van der Waals surface area (Å²) in [6.07, 6.45) is -1.41. The third-order valence-corrected chi connectivity index (χ3v) is 4.69. The lowest BCUT2D eigenvalue weighted by Gasteiger charge is -2.34. The van der Waals surface area contributed by atoms with E-state index < -0.39 is 17.3 Å². The molecule has 1 aliphatic rings. The van der Waals surface area contributed by atoms with E-state index in [9.17, 15) is 18.0 Å². The maximum atomic E-state index is 12.6. The second-order valence-corrected chi connectivity index (χ2v) is 8.31. The first-order valence-corrected chi connectivity index (χ1v) is 9.75. The lowest BCUT2D eigenvalue weighted by atomic mass is 9.90. The summed E-state index contributed by atoms with van der Waals surface area (Å²) in [4.78, 5) is 21.5. The molecular weight excluding hydrogens is 397 g/mol. The van der Waals surface area contributed by atoms with Crippen LogP contribution in [0, 0.1) is 0 Å². The predicted molar refractivity (Wildman–Crippen MR) is 107 cm³/mol. The average molecular weight is 422 g/mol. The first-order valence-electron chi connectivity index (χ1n) is 9.75. The van der Waals surface area contributed by atoms with Gasteiger partial charge in [-0.2, -0.15) is 13.2 Å². The van der Waals surface area contributed by atoms with Gasteiger partial charge in [0.2, 0.25) is 5.95 Å². The van der Waals surface area contributed by atoms with Crippen LogP contribution < -0.4 is 5.32 Å².